The minimum Gasteiger partial charge on any atom is -0.492 e. The van der Waals surface area contributed by atoms with E-state index < -0.39 is 0 Å². The molecule has 2 aliphatic heterocycles. The van der Waals surface area contributed by atoms with Crippen LogP contribution < -0.4 is 15.4 Å². The van der Waals surface area contributed by atoms with Crippen LogP contribution in [0.25, 0.3) is 11.4 Å². The molecule has 9 nitrogen and oxygen atoms in total. The second-order valence-corrected chi connectivity index (χ2v) is 11.3. The molecule has 1 spiro atoms. The Morgan fingerprint density at radius 1 is 1.10 bits per heavy atom. The molecular formula is C30H34N6O3W. The minimum absolute atomic E-state index is 0. The van der Waals surface area contributed by atoms with E-state index in [1.165, 1.54) is 6.42 Å². The van der Waals surface area contributed by atoms with Crippen LogP contribution in [0.5, 0.6) is 5.75 Å². The number of aromatic nitrogens is 3. The zero-order valence-corrected chi connectivity index (χ0v) is 26.0. The van der Waals surface area contributed by atoms with Gasteiger partial charge in [-0.15, -0.1) is 0 Å². The van der Waals surface area contributed by atoms with Crippen molar-refractivity contribution in [2.75, 3.05) is 39.5 Å². The topological polar surface area (TPSA) is 114 Å². The zero-order chi connectivity index (χ0) is 27.5. The van der Waals surface area contributed by atoms with Gasteiger partial charge >= 0.3 is 21.1 Å². The number of nitrogens with zero attached hydrogens (tertiary/aromatic N) is 4. The first kappa shape index (κ1) is 29.7. The standard InChI is InChI=1S/C23H23N4O2.C7H11N2O.W/c24-21-14-27-13-19(5-8-22(27)25-21)2-1-18-3-6-20(7-4-18)29-12-11-26-10-9-23(15-26)16-28-17-23;1-7(2,3)5-4-6(8)9-10-5;/h3-8,13-14,24H,9-12,15-17H2;4H,1-3H3,(H-,8,9);/q2*-1;+2. The van der Waals surface area contributed by atoms with E-state index in [2.05, 4.69) is 26.9 Å². The zero-order valence-electron chi connectivity index (χ0n) is 23.1. The molecular weight excluding hydrogens is 676 g/mol. The van der Waals surface area contributed by atoms with Crippen LogP contribution >= 0.6 is 0 Å². The summed E-state index contributed by atoms with van der Waals surface area (Å²) in [5, 5.41) is 10.6. The Balaban J connectivity index is 0.000000287. The number of likely N-dealkylation sites (tertiary alicyclic amines) is 1. The fraction of sp³-hybridized carbons (Fsp3) is 0.400. The first-order chi connectivity index (χ1) is 18.7. The molecule has 0 atom stereocenters. The van der Waals surface area contributed by atoms with Crippen molar-refractivity contribution in [3.8, 4) is 17.6 Å². The van der Waals surface area contributed by atoms with Crippen LogP contribution in [-0.2, 0) is 31.2 Å². The Morgan fingerprint density at radius 3 is 2.42 bits per heavy atom. The van der Waals surface area contributed by atoms with Gasteiger partial charge in [-0.25, -0.2) is 0 Å². The summed E-state index contributed by atoms with van der Waals surface area (Å²) in [5.41, 5.74) is 10.8. The molecule has 0 bridgehead atoms. The van der Waals surface area contributed by atoms with Gasteiger partial charge in [0.05, 0.1) is 13.2 Å². The van der Waals surface area contributed by atoms with E-state index in [9.17, 15) is 0 Å². The number of nitrogens with one attached hydrogen (secondary N) is 2. The number of hydrogen-bond donors (Lipinski definition) is 1. The third-order valence-electron chi connectivity index (χ3n) is 6.92. The summed E-state index contributed by atoms with van der Waals surface area (Å²) in [5.74, 6) is 8.23. The molecule has 2 N–H and O–H groups in total. The first-order valence-electron chi connectivity index (χ1n) is 13.1. The summed E-state index contributed by atoms with van der Waals surface area (Å²) in [4.78, 5) is 6.58. The van der Waals surface area contributed by atoms with Crippen molar-refractivity contribution in [3.05, 3.63) is 83.0 Å². The van der Waals surface area contributed by atoms with Crippen LogP contribution in [0.3, 0.4) is 0 Å². The molecule has 0 radical (unpaired) electrons. The Hall–Kier alpha value is -3.31. The van der Waals surface area contributed by atoms with E-state index in [-0.39, 0.29) is 37.8 Å². The van der Waals surface area contributed by atoms with Gasteiger partial charge in [-0.2, -0.15) is 0 Å². The predicted octanol–water partition coefficient (Wildman–Crippen LogP) is 4.53. The molecule has 2 fully saturated rings. The Labute approximate surface area is 248 Å². The number of benzene rings is 1. The van der Waals surface area contributed by atoms with E-state index in [1.54, 1.807) is 12.3 Å². The fourth-order valence-corrected chi connectivity index (χ4v) is 4.61. The van der Waals surface area contributed by atoms with Crippen molar-refractivity contribution in [1.29, 1.82) is 5.41 Å². The SMILES string of the molecule is CC(C)(C)c1cc(=N)[n-]o1.[NH-]c1cn2cc(C#Cc3ccc(OCCN4CCC5(COC5)C4)cc3)ccc2n1.[W+2]. The molecule has 0 unspecified atom stereocenters. The third kappa shape index (κ3) is 7.45. The second-order valence-electron chi connectivity index (χ2n) is 11.3. The van der Waals surface area contributed by atoms with E-state index in [0.29, 0.717) is 12.0 Å². The molecule has 2 saturated heterocycles. The molecule has 208 valence electrons. The van der Waals surface area contributed by atoms with Gasteiger partial charge in [-0.05, 0) is 66.7 Å². The summed E-state index contributed by atoms with van der Waals surface area (Å²) in [7, 11) is 0. The van der Waals surface area contributed by atoms with Gasteiger partial charge in [-0.3, -0.25) is 10.1 Å². The monoisotopic (exact) mass is 710 g/mol. The maximum atomic E-state index is 7.59. The van der Waals surface area contributed by atoms with Crippen molar-refractivity contribution in [3.63, 3.8) is 0 Å². The van der Waals surface area contributed by atoms with Crippen molar-refractivity contribution < 1.29 is 35.1 Å². The van der Waals surface area contributed by atoms with Crippen molar-refractivity contribution >= 4 is 11.5 Å². The Kier molecular flexibility index (Phi) is 9.25. The van der Waals surface area contributed by atoms with Crippen LogP contribution in [0, 0.1) is 22.7 Å². The van der Waals surface area contributed by atoms with Crippen LogP contribution in [0.15, 0.2) is 59.4 Å². The average Bonchev–Trinajstić information content (AvgIpc) is 3.61. The molecule has 0 amide bonds. The molecule has 5 heterocycles. The van der Waals surface area contributed by atoms with Gasteiger partial charge in [0.15, 0.2) is 0 Å². The molecule has 10 heteroatoms. The molecule has 4 aromatic rings. The minimum atomic E-state index is -0.0354. The first-order valence-corrected chi connectivity index (χ1v) is 13.1. The smallest absolute Gasteiger partial charge is 0.492 e. The van der Waals surface area contributed by atoms with Crippen molar-refractivity contribution in [2.45, 2.75) is 32.6 Å². The maximum absolute atomic E-state index is 7.59. The van der Waals surface area contributed by atoms with E-state index in [1.807, 2.05) is 67.8 Å². The number of imidazole rings is 1. The van der Waals surface area contributed by atoms with Crippen LogP contribution in [-0.4, -0.2) is 53.7 Å². The number of pyridine rings is 1. The van der Waals surface area contributed by atoms with Gasteiger partial charge in [0, 0.05) is 53.1 Å². The van der Waals surface area contributed by atoms with E-state index >= 15 is 0 Å². The summed E-state index contributed by atoms with van der Waals surface area (Å²) in [6, 6.07) is 13.3. The molecule has 0 aliphatic carbocycles. The predicted molar refractivity (Wildman–Crippen MR) is 148 cm³/mol. The van der Waals surface area contributed by atoms with Crippen LogP contribution in [0.1, 0.15) is 44.1 Å². The van der Waals surface area contributed by atoms with Gasteiger partial charge < -0.3 is 34.5 Å². The average molecular weight is 710 g/mol. The van der Waals surface area contributed by atoms with Gasteiger partial charge in [0.25, 0.3) is 0 Å². The Morgan fingerprint density at radius 2 is 1.82 bits per heavy atom. The number of fused-ring (bicyclic) bond motifs is 1. The van der Waals surface area contributed by atoms with Gasteiger partial charge in [-0.1, -0.05) is 32.6 Å². The van der Waals surface area contributed by atoms with E-state index in [0.717, 1.165) is 61.1 Å². The van der Waals surface area contributed by atoms with E-state index in [4.69, 9.17) is 25.1 Å². The Bertz CT molecular complexity index is 1530. The van der Waals surface area contributed by atoms with Gasteiger partial charge in [0.1, 0.15) is 18.1 Å². The summed E-state index contributed by atoms with van der Waals surface area (Å²) in [6.07, 6.45) is 4.82. The number of hydrogen-bond acceptors (Lipinski definition) is 6. The molecule has 40 heavy (non-hydrogen) atoms. The van der Waals surface area contributed by atoms with Crippen molar-refractivity contribution in [1.82, 2.24) is 19.4 Å². The number of ether oxygens (including phenoxy) is 2. The molecule has 6 rings (SSSR count). The maximum Gasteiger partial charge on any atom is 2.00 e. The molecule has 2 aliphatic rings. The van der Waals surface area contributed by atoms with Crippen LogP contribution in [0.4, 0.5) is 5.82 Å². The summed E-state index contributed by atoms with van der Waals surface area (Å²) >= 11 is 0. The molecule has 3 aromatic heterocycles. The van der Waals surface area contributed by atoms with Gasteiger partial charge in [0.2, 0.25) is 0 Å². The summed E-state index contributed by atoms with van der Waals surface area (Å²) in [6.45, 7) is 11.9. The fourth-order valence-electron chi connectivity index (χ4n) is 4.61. The number of rotatable bonds is 4. The van der Waals surface area contributed by atoms with Crippen molar-refractivity contribution in [2.24, 2.45) is 5.41 Å². The normalized spacial score (nSPS) is 15.9. The molecule has 0 saturated carbocycles. The van der Waals surface area contributed by atoms with Crippen LogP contribution in [0.2, 0.25) is 0 Å². The quantitative estimate of drug-likeness (QED) is 0.312. The molecule has 1 aromatic carbocycles. The largest absolute Gasteiger partial charge is 2.00 e. The third-order valence-corrected chi connectivity index (χ3v) is 6.92. The second kappa shape index (κ2) is 12.5. The summed E-state index contributed by atoms with van der Waals surface area (Å²) < 4.78 is 18.0.